The van der Waals surface area contributed by atoms with E-state index in [1.54, 1.807) is 4.90 Å². The van der Waals surface area contributed by atoms with Crippen molar-refractivity contribution in [2.75, 3.05) is 6.54 Å². The molecule has 140 valence electrons. The molecule has 2 rings (SSSR count). The van der Waals surface area contributed by atoms with Crippen LogP contribution in [-0.4, -0.2) is 29.2 Å². The van der Waals surface area contributed by atoms with E-state index < -0.39 is 0 Å². The maximum absolute atomic E-state index is 12.6. The molecule has 3 N–H and O–H groups in total. The van der Waals surface area contributed by atoms with E-state index in [9.17, 15) is 4.79 Å². The summed E-state index contributed by atoms with van der Waals surface area (Å²) >= 11 is 0. The van der Waals surface area contributed by atoms with Gasteiger partial charge in [-0.2, -0.15) is 0 Å². The van der Waals surface area contributed by atoms with Gasteiger partial charge in [0.05, 0.1) is 6.04 Å². The van der Waals surface area contributed by atoms with Crippen molar-refractivity contribution in [3.05, 3.63) is 35.4 Å². The summed E-state index contributed by atoms with van der Waals surface area (Å²) < 4.78 is 0. The van der Waals surface area contributed by atoms with Crippen LogP contribution in [-0.2, 0) is 6.42 Å². The highest BCUT2D eigenvalue weighted by molar-refractivity contribution is 5.98. The number of unbranched alkanes of at least 4 members (excludes halogenated alkanes) is 5. The molecule has 1 atom stereocenters. The number of nitrogens with one attached hydrogen (secondary N) is 1. The third-order valence-electron chi connectivity index (χ3n) is 4.89. The highest BCUT2D eigenvalue weighted by Gasteiger charge is 2.31. The van der Waals surface area contributed by atoms with E-state index in [4.69, 9.17) is 11.1 Å². The second-order valence-electron chi connectivity index (χ2n) is 6.83. The van der Waals surface area contributed by atoms with E-state index in [1.165, 1.54) is 44.1 Å². The molecule has 0 bridgehead atoms. The molecule has 1 fully saturated rings. The van der Waals surface area contributed by atoms with Crippen molar-refractivity contribution >= 4 is 24.1 Å². The molecule has 1 aliphatic rings. The number of aryl methyl sites for hydroxylation is 1. The highest BCUT2D eigenvalue weighted by Crippen LogP contribution is 2.20. The smallest absolute Gasteiger partial charge is 0.254 e. The first-order chi connectivity index (χ1) is 11.6. The zero-order valence-electron chi connectivity index (χ0n) is 15.3. The molecule has 5 heteroatoms. The zero-order chi connectivity index (χ0) is 17.4. The molecule has 0 aromatic heterocycles. The lowest BCUT2D eigenvalue weighted by Gasteiger charge is -2.23. The standard InChI is InChI=1S/C20H31N3O.ClH/c1-2-3-4-5-6-7-9-16-11-13-17(14-12-16)20(24)23-15-8-10-18(23)19(21)22;/h11-14,18H,2-10,15H2,1H3,(H3,21,22);1H/t18-;/m0./s1. The quantitative estimate of drug-likeness (QED) is 0.383. The third kappa shape index (κ3) is 6.35. The molecule has 0 radical (unpaired) electrons. The summed E-state index contributed by atoms with van der Waals surface area (Å²) in [5, 5.41) is 7.63. The summed E-state index contributed by atoms with van der Waals surface area (Å²) in [5.41, 5.74) is 7.62. The molecule has 4 nitrogen and oxygen atoms in total. The Morgan fingerprint density at radius 2 is 1.80 bits per heavy atom. The number of hydrogen-bond acceptors (Lipinski definition) is 2. The average molecular weight is 366 g/mol. The predicted octanol–water partition coefficient (Wildman–Crippen LogP) is 4.55. The maximum atomic E-state index is 12.6. The Morgan fingerprint density at radius 3 is 2.44 bits per heavy atom. The van der Waals surface area contributed by atoms with Crippen LogP contribution >= 0.6 is 12.4 Å². The fourth-order valence-corrected chi connectivity index (χ4v) is 3.42. The van der Waals surface area contributed by atoms with Crippen LogP contribution in [0.2, 0.25) is 0 Å². The number of nitrogens with two attached hydrogens (primary N) is 1. The SMILES string of the molecule is CCCCCCCCc1ccc(C(=O)N2CCC[C@H]2C(=N)N)cc1.Cl. The number of benzene rings is 1. The van der Waals surface area contributed by atoms with Gasteiger partial charge in [0.25, 0.3) is 5.91 Å². The summed E-state index contributed by atoms with van der Waals surface area (Å²) in [7, 11) is 0. The number of hydrogen-bond donors (Lipinski definition) is 2. The average Bonchev–Trinajstić information content (AvgIpc) is 3.08. The molecule has 0 spiro atoms. The van der Waals surface area contributed by atoms with Gasteiger partial charge in [-0.3, -0.25) is 10.2 Å². The highest BCUT2D eigenvalue weighted by atomic mass is 35.5. The van der Waals surface area contributed by atoms with Gasteiger partial charge in [-0.25, -0.2) is 0 Å². The van der Waals surface area contributed by atoms with Crippen molar-refractivity contribution in [1.82, 2.24) is 4.90 Å². The van der Waals surface area contributed by atoms with Crippen molar-refractivity contribution in [2.24, 2.45) is 5.73 Å². The second kappa shape index (κ2) is 11.1. The van der Waals surface area contributed by atoms with E-state index in [0.717, 1.165) is 19.3 Å². The Morgan fingerprint density at radius 1 is 1.16 bits per heavy atom. The van der Waals surface area contributed by atoms with Gasteiger partial charge in [-0.1, -0.05) is 51.2 Å². The Labute approximate surface area is 158 Å². The molecule has 1 heterocycles. The minimum Gasteiger partial charge on any atom is -0.386 e. The van der Waals surface area contributed by atoms with Gasteiger partial charge in [0.2, 0.25) is 0 Å². The monoisotopic (exact) mass is 365 g/mol. The number of nitrogens with zero attached hydrogens (tertiary/aromatic N) is 1. The molecular weight excluding hydrogens is 334 g/mol. The topological polar surface area (TPSA) is 70.2 Å². The first kappa shape index (κ1) is 21.5. The lowest BCUT2D eigenvalue weighted by atomic mass is 10.0. The minimum atomic E-state index is -0.222. The molecule has 0 saturated carbocycles. The van der Waals surface area contributed by atoms with Crippen LogP contribution in [0.5, 0.6) is 0 Å². The van der Waals surface area contributed by atoms with Crippen molar-refractivity contribution in [1.29, 1.82) is 5.41 Å². The Balaban J connectivity index is 0.00000312. The van der Waals surface area contributed by atoms with Gasteiger partial charge in [0, 0.05) is 12.1 Å². The van der Waals surface area contributed by atoms with Gasteiger partial charge in [0.1, 0.15) is 5.84 Å². The summed E-state index contributed by atoms with van der Waals surface area (Å²) in [6, 6.07) is 7.76. The first-order valence-corrected chi connectivity index (χ1v) is 9.37. The molecule has 0 aliphatic carbocycles. The van der Waals surface area contributed by atoms with Crippen LogP contribution in [0.25, 0.3) is 0 Å². The molecule has 0 unspecified atom stereocenters. The van der Waals surface area contributed by atoms with Crippen LogP contribution in [0, 0.1) is 5.41 Å². The van der Waals surface area contributed by atoms with Crippen molar-refractivity contribution in [3.8, 4) is 0 Å². The summed E-state index contributed by atoms with van der Waals surface area (Å²) in [6.45, 7) is 2.94. The molecule has 1 aromatic rings. The maximum Gasteiger partial charge on any atom is 0.254 e. The lowest BCUT2D eigenvalue weighted by molar-refractivity contribution is 0.0769. The van der Waals surface area contributed by atoms with E-state index in [-0.39, 0.29) is 30.2 Å². The first-order valence-electron chi connectivity index (χ1n) is 9.37. The summed E-state index contributed by atoms with van der Waals surface area (Å²) in [5.74, 6) is 0.0966. The molecule has 25 heavy (non-hydrogen) atoms. The fraction of sp³-hybridized carbons (Fsp3) is 0.600. The number of carbonyl (C=O) groups excluding carboxylic acids is 1. The Hall–Kier alpha value is -1.55. The van der Waals surface area contributed by atoms with Crippen molar-refractivity contribution in [2.45, 2.75) is 70.8 Å². The van der Waals surface area contributed by atoms with Gasteiger partial charge >= 0.3 is 0 Å². The molecule has 1 amide bonds. The normalized spacial score (nSPS) is 16.5. The second-order valence-corrected chi connectivity index (χ2v) is 6.83. The number of halogens is 1. The van der Waals surface area contributed by atoms with Crippen molar-refractivity contribution in [3.63, 3.8) is 0 Å². The number of amidine groups is 1. The molecular formula is C20H32ClN3O. The van der Waals surface area contributed by atoms with Crippen LogP contribution < -0.4 is 5.73 Å². The van der Waals surface area contributed by atoms with E-state index in [2.05, 4.69) is 19.1 Å². The van der Waals surface area contributed by atoms with Crippen molar-refractivity contribution < 1.29 is 4.79 Å². The lowest BCUT2D eigenvalue weighted by Crippen LogP contribution is -2.43. The Bertz CT molecular complexity index is 544. The summed E-state index contributed by atoms with van der Waals surface area (Å²) in [6.07, 6.45) is 10.6. The fourth-order valence-electron chi connectivity index (χ4n) is 3.42. The van der Waals surface area contributed by atoms with Crippen LogP contribution in [0.1, 0.15) is 74.2 Å². The predicted molar refractivity (Wildman–Crippen MR) is 107 cm³/mol. The van der Waals surface area contributed by atoms with Crippen LogP contribution in [0.3, 0.4) is 0 Å². The van der Waals surface area contributed by atoms with Gasteiger partial charge in [-0.05, 0) is 43.4 Å². The van der Waals surface area contributed by atoms with E-state index >= 15 is 0 Å². The van der Waals surface area contributed by atoms with E-state index in [0.29, 0.717) is 12.1 Å². The Kier molecular flexibility index (Phi) is 9.58. The number of likely N-dealkylation sites (tertiary alicyclic amines) is 1. The van der Waals surface area contributed by atoms with Gasteiger partial charge in [-0.15, -0.1) is 12.4 Å². The number of amides is 1. The van der Waals surface area contributed by atoms with Gasteiger partial charge in [0.15, 0.2) is 0 Å². The van der Waals surface area contributed by atoms with Gasteiger partial charge < -0.3 is 10.6 Å². The zero-order valence-corrected chi connectivity index (χ0v) is 16.1. The van der Waals surface area contributed by atoms with E-state index in [1.807, 2.05) is 12.1 Å². The minimum absolute atomic E-state index is 0. The molecule has 1 aromatic carbocycles. The molecule has 1 aliphatic heterocycles. The van der Waals surface area contributed by atoms with Crippen LogP contribution in [0.15, 0.2) is 24.3 Å². The number of carbonyl (C=O) groups is 1. The summed E-state index contributed by atoms with van der Waals surface area (Å²) in [4.78, 5) is 14.3. The third-order valence-corrected chi connectivity index (χ3v) is 4.89. The number of rotatable bonds is 9. The van der Waals surface area contributed by atoms with Crippen LogP contribution in [0.4, 0.5) is 0 Å². The largest absolute Gasteiger partial charge is 0.386 e. The molecule has 1 saturated heterocycles.